The standard InChI is InChI=1S/C22H19ClN4O6S/c23-16-9-10-18(19(13-16)27(30)31)26-21(28)11-12-25-22(29)15-7-5-14(6-8-15)17-3-1-2-4-20(17)34(24,32)33/h1-10,13H,11-12H2,(H,25,29)(H,26,28)(H2,24,32,33). The van der Waals surface area contributed by atoms with Crippen molar-refractivity contribution >= 4 is 44.8 Å². The van der Waals surface area contributed by atoms with Gasteiger partial charge in [0.05, 0.1) is 9.82 Å². The van der Waals surface area contributed by atoms with Crippen LogP contribution >= 0.6 is 11.6 Å². The average molecular weight is 503 g/mol. The number of nitrogens with zero attached hydrogens (tertiary/aromatic N) is 1. The van der Waals surface area contributed by atoms with Crippen molar-refractivity contribution in [2.45, 2.75) is 11.3 Å². The Labute approximate surface area is 199 Å². The van der Waals surface area contributed by atoms with Crippen LogP contribution in [0.4, 0.5) is 11.4 Å². The summed E-state index contributed by atoms with van der Waals surface area (Å²) in [6.07, 6.45) is -0.120. The summed E-state index contributed by atoms with van der Waals surface area (Å²) < 4.78 is 23.6. The van der Waals surface area contributed by atoms with Crippen LogP contribution in [0.3, 0.4) is 0 Å². The van der Waals surface area contributed by atoms with Crippen molar-refractivity contribution in [1.82, 2.24) is 5.32 Å². The quantitative estimate of drug-likeness (QED) is 0.316. The van der Waals surface area contributed by atoms with Crippen molar-refractivity contribution in [1.29, 1.82) is 0 Å². The van der Waals surface area contributed by atoms with Crippen LogP contribution in [0.25, 0.3) is 11.1 Å². The SMILES string of the molecule is NS(=O)(=O)c1ccccc1-c1ccc(C(=O)NCCC(=O)Nc2ccc(Cl)cc2[N+](=O)[O-])cc1. The first-order chi connectivity index (χ1) is 16.1. The van der Waals surface area contributed by atoms with Crippen LogP contribution in [0.15, 0.2) is 71.6 Å². The minimum absolute atomic E-state index is 0.00101. The second-order valence-electron chi connectivity index (χ2n) is 7.09. The number of nitrogens with two attached hydrogens (primary N) is 1. The number of primary sulfonamides is 1. The molecule has 0 saturated heterocycles. The number of sulfonamides is 1. The van der Waals surface area contributed by atoms with Crippen LogP contribution in [0.5, 0.6) is 0 Å². The van der Waals surface area contributed by atoms with Gasteiger partial charge in [0.1, 0.15) is 5.69 Å². The van der Waals surface area contributed by atoms with Crippen molar-refractivity contribution < 1.29 is 22.9 Å². The first kappa shape index (κ1) is 24.8. The third-order valence-electron chi connectivity index (χ3n) is 4.72. The molecule has 0 heterocycles. The van der Waals surface area contributed by atoms with E-state index in [1.54, 1.807) is 30.3 Å². The summed E-state index contributed by atoms with van der Waals surface area (Å²) in [5.41, 5.74) is 0.927. The van der Waals surface area contributed by atoms with Gasteiger partial charge in [0, 0.05) is 35.2 Å². The summed E-state index contributed by atoms with van der Waals surface area (Å²) in [5.74, 6) is -0.975. The number of carbonyl (C=O) groups is 2. The highest BCUT2D eigenvalue weighted by Gasteiger charge is 2.17. The number of rotatable bonds is 8. The third-order valence-corrected chi connectivity index (χ3v) is 5.92. The molecule has 3 aromatic carbocycles. The molecule has 0 unspecified atom stereocenters. The molecule has 0 radical (unpaired) electrons. The molecule has 2 amide bonds. The normalized spacial score (nSPS) is 11.0. The molecule has 0 aromatic heterocycles. The van der Waals surface area contributed by atoms with E-state index in [0.29, 0.717) is 16.7 Å². The van der Waals surface area contributed by atoms with E-state index in [1.807, 2.05) is 0 Å². The summed E-state index contributed by atoms with van der Waals surface area (Å²) in [4.78, 5) is 34.9. The number of nitrogens with one attached hydrogen (secondary N) is 2. The molecule has 0 fully saturated rings. The Balaban J connectivity index is 1.60. The molecule has 12 heteroatoms. The van der Waals surface area contributed by atoms with Crippen LogP contribution in [-0.2, 0) is 14.8 Å². The Morgan fingerprint density at radius 1 is 1.03 bits per heavy atom. The predicted molar refractivity (Wildman–Crippen MR) is 127 cm³/mol. The van der Waals surface area contributed by atoms with Crippen molar-refractivity contribution in [3.8, 4) is 11.1 Å². The molecule has 10 nitrogen and oxygen atoms in total. The summed E-state index contributed by atoms with van der Waals surface area (Å²) in [5, 5.41) is 21.5. The largest absolute Gasteiger partial charge is 0.352 e. The summed E-state index contributed by atoms with van der Waals surface area (Å²) in [6, 6.07) is 16.3. The summed E-state index contributed by atoms with van der Waals surface area (Å²) in [7, 11) is -3.92. The molecule has 0 aliphatic rings. The highest BCUT2D eigenvalue weighted by atomic mass is 35.5. The number of nitro benzene ring substituents is 1. The monoisotopic (exact) mass is 502 g/mol. The second-order valence-corrected chi connectivity index (χ2v) is 9.06. The minimum Gasteiger partial charge on any atom is -0.352 e. The van der Waals surface area contributed by atoms with Crippen LogP contribution < -0.4 is 15.8 Å². The highest BCUT2D eigenvalue weighted by molar-refractivity contribution is 7.89. The van der Waals surface area contributed by atoms with Crippen molar-refractivity contribution in [3.63, 3.8) is 0 Å². The van der Waals surface area contributed by atoms with Crippen molar-refractivity contribution in [3.05, 3.63) is 87.4 Å². The van der Waals surface area contributed by atoms with E-state index in [-0.39, 0.29) is 34.3 Å². The fourth-order valence-corrected chi connectivity index (χ4v) is 4.05. The zero-order valence-corrected chi connectivity index (χ0v) is 19.1. The van der Waals surface area contributed by atoms with Crippen LogP contribution in [0.1, 0.15) is 16.8 Å². The molecular weight excluding hydrogens is 484 g/mol. The molecular formula is C22H19ClN4O6S. The van der Waals surface area contributed by atoms with E-state index < -0.39 is 26.8 Å². The van der Waals surface area contributed by atoms with Gasteiger partial charge in [0.2, 0.25) is 15.9 Å². The summed E-state index contributed by atoms with van der Waals surface area (Å²) >= 11 is 5.75. The van der Waals surface area contributed by atoms with Gasteiger partial charge in [-0.25, -0.2) is 13.6 Å². The van der Waals surface area contributed by atoms with E-state index >= 15 is 0 Å². The zero-order valence-electron chi connectivity index (χ0n) is 17.5. The van der Waals surface area contributed by atoms with Gasteiger partial charge in [-0.3, -0.25) is 19.7 Å². The minimum atomic E-state index is -3.92. The van der Waals surface area contributed by atoms with Crippen molar-refractivity contribution in [2.75, 3.05) is 11.9 Å². The number of carbonyl (C=O) groups excluding carboxylic acids is 2. The first-order valence-electron chi connectivity index (χ1n) is 9.80. The Bertz CT molecular complexity index is 1360. The van der Waals surface area contributed by atoms with E-state index in [2.05, 4.69) is 10.6 Å². The van der Waals surface area contributed by atoms with Gasteiger partial charge in [0.25, 0.3) is 11.6 Å². The van der Waals surface area contributed by atoms with Gasteiger partial charge in [-0.1, -0.05) is 41.9 Å². The molecule has 0 atom stereocenters. The number of halogens is 1. The van der Waals surface area contributed by atoms with Gasteiger partial charge in [-0.15, -0.1) is 0 Å². The van der Waals surface area contributed by atoms with E-state index in [1.165, 1.54) is 30.3 Å². The van der Waals surface area contributed by atoms with Crippen molar-refractivity contribution in [2.24, 2.45) is 5.14 Å². The van der Waals surface area contributed by atoms with Gasteiger partial charge in [-0.05, 0) is 35.9 Å². The Hall–Kier alpha value is -3.80. The maximum absolute atomic E-state index is 12.4. The lowest BCUT2D eigenvalue weighted by Gasteiger charge is -2.10. The number of anilines is 1. The topological polar surface area (TPSA) is 162 Å². The highest BCUT2D eigenvalue weighted by Crippen LogP contribution is 2.28. The lowest BCUT2D eigenvalue weighted by molar-refractivity contribution is -0.383. The number of amides is 2. The van der Waals surface area contributed by atoms with Crippen LogP contribution in [-0.4, -0.2) is 31.7 Å². The fourth-order valence-electron chi connectivity index (χ4n) is 3.12. The molecule has 0 spiro atoms. The smallest absolute Gasteiger partial charge is 0.294 e. The van der Waals surface area contributed by atoms with Crippen LogP contribution in [0, 0.1) is 10.1 Å². The molecule has 176 valence electrons. The summed E-state index contributed by atoms with van der Waals surface area (Å²) in [6.45, 7) is -0.0118. The van der Waals surface area contributed by atoms with E-state index in [0.717, 1.165) is 6.07 Å². The van der Waals surface area contributed by atoms with Gasteiger partial charge >= 0.3 is 0 Å². The maximum Gasteiger partial charge on any atom is 0.294 e. The molecule has 4 N–H and O–H groups in total. The first-order valence-corrected chi connectivity index (χ1v) is 11.7. The molecule has 34 heavy (non-hydrogen) atoms. The van der Waals surface area contributed by atoms with Gasteiger partial charge < -0.3 is 10.6 Å². The fraction of sp³-hybridized carbons (Fsp3) is 0.0909. The lowest BCUT2D eigenvalue weighted by atomic mass is 10.0. The molecule has 3 aromatic rings. The molecule has 0 aliphatic heterocycles. The van der Waals surface area contributed by atoms with Gasteiger partial charge in [-0.2, -0.15) is 0 Å². The van der Waals surface area contributed by atoms with E-state index in [9.17, 15) is 28.1 Å². The average Bonchev–Trinajstić information content (AvgIpc) is 2.79. The zero-order chi connectivity index (χ0) is 24.9. The van der Waals surface area contributed by atoms with E-state index in [4.69, 9.17) is 16.7 Å². The Morgan fingerprint density at radius 3 is 2.35 bits per heavy atom. The third kappa shape index (κ3) is 6.16. The molecule has 0 saturated carbocycles. The maximum atomic E-state index is 12.4. The lowest BCUT2D eigenvalue weighted by Crippen LogP contribution is -2.27. The number of hydrogen-bond acceptors (Lipinski definition) is 6. The molecule has 3 rings (SSSR count). The Morgan fingerprint density at radius 2 is 1.71 bits per heavy atom. The predicted octanol–water partition coefficient (Wildman–Crippen LogP) is 3.32. The van der Waals surface area contributed by atoms with Crippen LogP contribution in [0.2, 0.25) is 5.02 Å². The number of nitro groups is 1. The Kier molecular flexibility index (Phi) is 7.61. The number of hydrogen-bond donors (Lipinski definition) is 3. The molecule has 0 aliphatic carbocycles. The second kappa shape index (κ2) is 10.4. The number of benzene rings is 3. The van der Waals surface area contributed by atoms with Gasteiger partial charge in [0.15, 0.2) is 0 Å². The molecule has 0 bridgehead atoms.